The fourth-order valence-corrected chi connectivity index (χ4v) is 3.27. The van der Waals surface area contributed by atoms with Crippen LogP contribution in [0.5, 0.6) is 5.75 Å². The Bertz CT molecular complexity index is 1020. The number of hydrogen-bond acceptors (Lipinski definition) is 5. The Morgan fingerprint density at radius 1 is 0.800 bits per heavy atom. The average molecular weight is 423 g/mol. The maximum Gasteiger partial charge on any atom is 0.265 e. The minimum absolute atomic E-state index is 0.0343. The number of anilines is 1. The summed E-state index contributed by atoms with van der Waals surface area (Å²) in [5, 5.41) is 19.5. The molecule has 1 heterocycles. The fraction of sp³-hybridized carbons (Fsp3) is 0.136. The largest absolute Gasteiger partial charge is 0.508 e. The van der Waals surface area contributed by atoms with Crippen LogP contribution in [0, 0.1) is 0 Å². The van der Waals surface area contributed by atoms with Crippen molar-refractivity contribution < 1.29 is 19.5 Å². The summed E-state index contributed by atoms with van der Waals surface area (Å²) >= 11 is 1.36. The van der Waals surface area contributed by atoms with Crippen LogP contribution in [0.1, 0.15) is 36.8 Å². The molecular formula is C22H21N3O4S. The van der Waals surface area contributed by atoms with Gasteiger partial charge in [-0.15, -0.1) is 11.3 Å². The zero-order valence-electron chi connectivity index (χ0n) is 16.1. The van der Waals surface area contributed by atoms with Crippen LogP contribution >= 0.6 is 11.3 Å². The van der Waals surface area contributed by atoms with Crippen LogP contribution in [-0.2, 0) is 0 Å². The number of rotatable bonds is 8. The Morgan fingerprint density at radius 2 is 1.50 bits per heavy atom. The Kier molecular flexibility index (Phi) is 7.18. The van der Waals surface area contributed by atoms with Crippen LogP contribution in [0.25, 0.3) is 0 Å². The van der Waals surface area contributed by atoms with E-state index in [1.54, 1.807) is 42.5 Å². The third-order valence-electron chi connectivity index (χ3n) is 4.18. The van der Waals surface area contributed by atoms with E-state index in [0.29, 0.717) is 41.2 Å². The summed E-state index contributed by atoms with van der Waals surface area (Å²) in [6.45, 7) is 0.790. The van der Waals surface area contributed by atoms with Gasteiger partial charge in [-0.3, -0.25) is 14.4 Å². The monoisotopic (exact) mass is 423 g/mol. The van der Waals surface area contributed by atoms with Crippen molar-refractivity contribution in [3.8, 4) is 5.75 Å². The molecule has 3 aromatic rings. The lowest BCUT2D eigenvalue weighted by Crippen LogP contribution is -2.29. The molecular weight excluding hydrogens is 402 g/mol. The Balaban J connectivity index is 1.38. The minimum Gasteiger partial charge on any atom is -0.508 e. The van der Waals surface area contributed by atoms with Gasteiger partial charge in [-0.25, -0.2) is 0 Å². The lowest BCUT2D eigenvalue weighted by molar-refractivity contribution is 0.0950. The fourth-order valence-electron chi connectivity index (χ4n) is 2.65. The number of aromatic hydroxyl groups is 1. The Labute approximate surface area is 177 Å². The highest BCUT2D eigenvalue weighted by Crippen LogP contribution is 2.14. The molecule has 0 radical (unpaired) electrons. The second kappa shape index (κ2) is 10.2. The van der Waals surface area contributed by atoms with Crippen LogP contribution in [0.3, 0.4) is 0 Å². The van der Waals surface area contributed by atoms with E-state index in [2.05, 4.69) is 16.0 Å². The van der Waals surface area contributed by atoms with Gasteiger partial charge in [0.15, 0.2) is 0 Å². The van der Waals surface area contributed by atoms with Crippen LogP contribution in [0.2, 0.25) is 0 Å². The normalized spacial score (nSPS) is 10.3. The number of benzene rings is 2. The number of nitrogens with one attached hydrogen (secondary N) is 3. The van der Waals surface area contributed by atoms with Crippen molar-refractivity contribution in [2.75, 3.05) is 18.4 Å². The molecule has 0 fully saturated rings. The maximum absolute atomic E-state index is 12.2. The van der Waals surface area contributed by atoms with E-state index in [0.717, 1.165) is 0 Å². The lowest BCUT2D eigenvalue weighted by Gasteiger charge is -2.08. The summed E-state index contributed by atoms with van der Waals surface area (Å²) in [5.74, 6) is -0.662. The number of carbonyl (C=O) groups excluding carboxylic acids is 3. The highest BCUT2D eigenvalue weighted by Gasteiger charge is 2.09. The summed E-state index contributed by atoms with van der Waals surface area (Å²) in [4.78, 5) is 36.8. The molecule has 154 valence electrons. The highest BCUT2D eigenvalue weighted by molar-refractivity contribution is 7.12. The van der Waals surface area contributed by atoms with E-state index in [4.69, 9.17) is 0 Å². The zero-order valence-corrected chi connectivity index (χ0v) is 16.9. The highest BCUT2D eigenvalue weighted by atomic mass is 32.1. The predicted molar refractivity (Wildman–Crippen MR) is 116 cm³/mol. The zero-order chi connectivity index (χ0) is 21.3. The molecule has 0 aliphatic rings. The van der Waals surface area contributed by atoms with Gasteiger partial charge in [0.05, 0.1) is 4.88 Å². The Hall–Kier alpha value is -3.65. The summed E-state index contributed by atoms with van der Waals surface area (Å²) in [7, 11) is 0. The van der Waals surface area contributed by atoms with Gasteiger partial charge < -0.3 is 21.1 Å². The number of amides is 3. The number of phenolic OH excluding ortho intramolecular Hbond substituents is 1. The van der Waals surface area contributed by atoms with E-state index < -0.39 is 0 Å². The van der Waals surface area contributed by atoms with E-state index in [-0.39, 0.29) is 23.5 Å². The third kappa shape index (κ3) is 5.92. The summed E-state index contributed by atoms with van der Waals surface area (Å²) in [6.07, 6.45) is 0.561. The van der Waals surface area contributed by atoms with Crippen molar-refractivity contribution in [1.82, 2.24) is 10.6 Å². The molecule has 3 amide bonds. The smallest absolute Gasteiger partial charge is 0.265 e. The van der Waals surface area contributed by atoms with Gasteiger partial charge in [-0.1, -0.05) is 12.1 Å². The molecule has 0 saturated heterocycles. The van der Waals surface area contributed by atoms with Crippen LogP contribution in [-0.4, -0.2) is 35.9 Å². The molecule has 0 spiro atoms. The molecule has 8 heteroatoms. The van der Waals surface area contributed by atoms with E-state index in [1.807, 2.05) is 11.4 Å². The van der Waals surface area contributed by atoms with E-state index >= 15 is 0 Å². The van der Waals surface area contributed by atoms with Crippen molar-refractivity contribution in [1.29, 1.82) is 0 Å². The van der Waals surface area contributed by atoms with Gasteiger partial charge in [-0.2, -0.15) is 0 Å². The van der Waals surface area contributed by atoms with E-state index in [1.165, 1.54) is 23.5 Å². The quantitative estimate of drug-likeness (QED) is 0.417. The first-order chi connectivity index (χ1) is 14.5. The molecule has 4 N–H and O–H groups in total. The molecule has 2 aromatic carbocycles. The number of carbonyl (C=O) groups is 3. The molecule has 0 atom stereocenters. The van der Waals surface area contributed by atoms with Crippen LogP contribution in [0.15, 0.2) is 66.0 Å². The predicted octanol–water partition coefficient (Wildman–Crippen LogP) is 3.26. The second-order valence-electron chi connectivity index (χ2n) is 6.42. The summed E-state index contributed by atoms with van der Waals surface area (Å²) < 4.78 is 0. The Morgan fingerprint density at radius 3 is 2.13 bits per heavy atom. The standard InChI is InChI=1S/C22H21N3O4S/c26-18-5-1-4-16(14-18)21(28)24-12-3-11-23-20(27)15-7-9-17(10-8-15)25-22(29)19-6-2-13-30-19/h1-2,4-10,13-14,26H,3,11-12H2,(H,23,27)(H,24,28)(H,25,29). The van der Waals surface area contributed by atoms with Gasteiger partial charge in [0.2, 0.25) is 0 Å². The van der Waals surface area contributed by atoms with Gasteiger partial charge in [-0.05, 0) is 60.3 Å². The van der Waals surface area contributed by atoms with Crippen molar-refractivity contribution in [2.45, 2.75) is 6.42 Å². The second-order valence-corrected chi connectivity index (χ2v) is 7.37. The molecule has 0 unspecified atom stereocenters. The van der Waals surface area contributed by atoms with Gasteiger partial charge in [0.1, 0.15) is 5.75 Å². The van der Waals surface area contributed by atoms with Crippen LogP contribution < -0.4 is 16.0 Å². The minimum atomic E-state index is -0.280. The van der Waals surface area contributed by atoms with Gasteiger partial charge >= 0.3 is 0 Å². The topological polar surface area (TPSA) is 108 Å². The van der Waals surface area contributed by atoms with Crippen molar-refractivity contribution in [3.63, 3.8) is 0 Å². The molecule has 0 aliphatic heterocycles. The van der Waals surface area contributed by atoms with Crippen LogP contribution in [0.4, 0.5) is 5.69 Å². The maximum atomic E-state index is 12.2. The number of hydrogen-bond donors (Lipinski definition) is 4. The first kappa shape index (κ1) is 21.1. The first-order valence-corrected chi connectivity index (χ1v) is 10.2. The van der Waals surface area contributed by atoms with E-state index in [9.17, 15) is 19.5 Å². The average Bonchev–Trinajstić information content (AvgIpc) is 3.29. The third-order valence-corrected chi connectivity index (χ3v) is 5.05. The first-order valence-electron chi connectivity index (χ1n) is 9.33. The van der Waals surface area contributed by atoms with Gasteiger partial charge in [0, 0.05) is 29.9 Å². The van der Waals surface area contributed by atoms with Gasteiger partial charge in [0.25, 0.3) is 17.7 Å². The molecule has 3 rings (SSSR count). The van der Waals surface area contributed by atoms with Crippen molar-refractivity contribution in [3.05, 3.63) is 82.0 Å². The number of thiophene rings is 1. The molecule has 0 aliphatic carbocycles. The summed E-state index contributed by atoms with van der Waals surface area (Å²) in [5.41, 5.74) is 1.47. The summed E-state index contributed by atoms with van der Waals surface area (Å²) in [6, 6.07) is 16.3. The van der Waals surface area contributed by atoms with Crippen molar-refractivity contribution in [2.24, 2.45) is 0 Å². The SMILES string of the molecule is O=C(NCCCNC(=O)c1cccc(O)c1)c1ccc(NC(=O)c2cccs2)cc1. The molecule has 1 aromatic heterocycles. The lowest BCUT2D eigenvalue weighted by atomic mass is 10.2. The molecule has 7 nitrogen and oxygen atoms in total. The molecule has 0 saturated carbocycles. The molecule has 30 heavy (non-hydrogen) atoms. The molecule has 0 bridgehead atoms. The van der Waals surface area contributed by atoms with Crippen molar-refractivity contribution >= 4 is 34.7 Å². The number of phenols is 1.